The van der Waals surface area contributed by atoms with Crippen LogP contribution in [0.2, 0.25) is 0 Å². The summed E-state index contributed by atoms with van der Waals surface area (Å²) in [6.07, 6.45) is 4.82. The summed E-state index contributed by atoms with van der Waals surface area (Å²) >= 11 is 0. The van der Waals surface area contributed by atoms with E-state index in [1.807, 2.05) is 6.92 Å². The lowest BCUT2D eigenvalue weighted by Crippen LogP contribution is -2.54. The highest BCUT2D eigenvalue weighted by Gasteiger charge is 2.37. The summed E-state index contributed by atoms with van der Waals surface area (Å²) in [5, 5.41) is 2.96. The molecule has 0 spiro atoms. The lowest BCUT2D eigenvalue weighted by atomic mass is 9.98. The molecular weight excluding hydrogens is 268 g/mol. The van der Waals surface area contributed by atoms with Gasteiger partial charge >= 0.3 is 0 Å². The molecule has 0 aromatic rings. The van der Waals surface area contributed by atoms with Crippen LogP contribution in [0.3, 0.4) is 0 Å². The van der Waals surface area contributed by atoms with Crippen LogP contribution in [-0.2, 0) is 14.3 Å². The van der Waals surface area contributed by atoms with Crippen molar-refractivity contribution in [2.75, 3.05) is 19.8 Å². The third kappa shape index (κ3) is 4.60. The van der Waals surface area contributed by atoms with Crippen molar-refractivity contribution in [2.24, 2.45) is 5.73 Å². The van der Waals surface area contributed by atoms with Gasteiger partial charge < -0.3 is 20.5 Å². The Morgan fingerprint density at radius 3 is 2.79 bits per heavy atom. The van der Waals surface area contributed by atoms with Crippen LogP contribution in [0.25, 0.3) is 0 Å². The monoisotopic (exact) mass is 292 g/mol. The molecule has 1 aliphatic carbocycles. The zero-order valence-corrected chi connectivity index (χ0v) is 12.3. The molecule has 1 aliphatic heterocycles. The Kier molecular flexibility index (Phi) is 6.53. The van der Waals surface area contributed by atoms with Crippen molar-refractivity contribution < 1.29 is 14.3 Å². The standard InChI is InChI=1S/C13H24N2O3.ClH/c1-10(8-18-11-4-7-17-9-11)15-12(16)13(14)5-2-3-6-13;/h10-11H,2-9,14H2,1H3,(H,15,16);1H. The SMILES string of the molecule is CC(COC1CCOC1)NC(=O)C1(N)CCCC1.Cl. The minimum atomic E-state index is -0.648. The first-order valence-electron chi connectivity index (χ1n) is 6.89. The number of ether oxygens (including phenoxy) is 2. The van der Waals surface area contributed by atoms with Gasteiger partial charge in [-0.15, -0.1) is 12.4 Å². The molecule has 2 atom stereocenters. The van der Waals surface area contributed by atoms with Gasteiger partial charge in [0.2, 0.25) is 5.91 Å². The molecule has 6 heteroatoms. The molecule has 1 saturated carbocycles. The van der Waals surface area contributed by atoms with Crippen molar-refractivity contribution in [3.05, 3.63) is 0 Å². The summed E-state index contributed by atoms with van der Waals surface area (Å²) in [6.45, 7) is 3.92. The average molecular weight is 293 g/mol. The maximum absolute atomic E-state index is 12.1. The third-order valence-corrected chi connectivity index (χ3v) is 3.80. The Morgan fingerprint density at radius 2 is 2.21 bits per heavy atom. The molecule has 1 heterocycles. The summed E-state index contributed by atoms with van der Waals surface area (Å²) in [5.41, 5.74) is 5.45. The maximum Gasteiger partial charge on any atom is 0.240 e. The predicted octanol–water partition coefficient (Wildman–Crippen LogP) is 0.990. The van der Waals surface area contributed by atoms with E-state index in [1.54, 1.807) is 0 Å². The molecular formula is C13H25ClN2O3. The summed E-state index contributed by atoms with van der Waals surface area (Å²) in [4.78, 5) is 12.1. The molecule has 5 nitrogen and oxygen atoms in total. The van der Waals surface area contributed by atoms with Crippen LogP contribution in [0.4, 0.5) is 0 Å². The minimum Gasteiger partial charge on any atom is -0.379 e. The van der Waals surface area contributed by atoms with Crippen molar-refractivity contribution in [2.45, 2.75) is 56.7 Å². The number of carbonyl (C=O) groups is 1. The van der Waals surface area contributed by atoms with E-state index >= 15 is 0 Å². The normalized spacial score (nSPS) is 26.7. The van der Waals surface area contributed by atoms with Gasteiger partial charge in [0, 0.05) is 12.6 Å². The molecule has 2 fully saturated rings. The molecule has 2 aliphatic rings. The summed E-state index contributed by atoms with van der Waals surface area (Å²) in [6, 6.07) is -0.000810. The van der Waals surface area contributed by atoms with Gasteiger partial charge in [-0.05, 0) is 26.2 Å². The molecule has 0 aromatic heterocycles. The van der Waals surface area contributed by atoms with Crippen LogP contribution in [0.15, 0.2) is 0 Å². The number of rotatable bonds is 5. The van der Waals surface area contributed by atoms with Gasteiger partial charge in [-0.3, -0.25) is 4.79 Å². The van der Waals surface area contributed by atoms with Gasteiger partial charge in [0.1, 0.15) is 0 Å². The molecule has 1 amide bonds. The van der Waals surface area contributed by atoms with E-state index in [4.69, 9.17) is 15.2 Å². The fourth-order valence-corrected chi connectivity index (χ4v) is 2.57. The summed E-state index contributed by atoms with van der Waals surface area (Å²) in [5.74, 6) is -0.0289. The number of carbonyl (C=O) groups excluding carboxylic acids is 1. The van der Waals surface area contributed by atoms with E-state index < -0.39 is 5.54 Å². The van der Waals surface area contributed by atoms with E-state index in [0.717, 1.165) is 38.7 Å². The fourth-order valence-electron chi connectivity index (χ4n) is 2.57. The first-order chi connectivity index (χ1) is 8.60. The van der Waals surface area contributed by atoms with Gasteiger partial charge in [0.15, 0.2) is 0 Å². The number of nitrogens with two attached hydrogens (primary N) is 1. The van der Waals surface area contributed by atoms with Gasteiger partial charge in [-0.2, -0.15) is 0 Å². The molecule has 19 heavy (non-hydrogen) atoms. The summed E-state index contributed by atoms with van der Waals surface area (Å²) in [7, 11) is 0. The Balaban J connectivity index is 0.00000180. The highest BCUT2D eigenvalue weighted by molar-refractivity contribution is 5.86. The fraction of sp³-hybridized carbons (Fsp3) is 0.923. The molecule has 0 radical (unpaired) electrons. The number of halogens is 1. The van der Waals surface area contributed by atoms with E-state index in [9.17, 15) is 4.79 Å². The van der Waals surface area contributed by atoms with Crippen LogP contribution < -0.4 is 11.1 Å². The molecule has 1 saturated heterocycles. The van der Waals surface area contributed by atoms with Gasteiger partial charge in [0.25, 0.3) is 0 Å². The molecule has 2 unspecified atom stereocenters. The first-order valence-corrected chi connectivity index (χ1v) is 6.89. The number of nitrogens with one attached hydrogen (secondary N) is 1. The number of hydrogen-bond acceptors (Lipinski definition) is 4. The van der Waals surface area contributed by atoms with Crippen molar-refractivity contribution in [1.29, 1.82) is 0 Å². The second kappa shape index (κ2) is 7.43. The zero-order chi connectivity index (χ0) is 13.0. The topological polar surface area (TPSA) is 73.6 Å². The third-order valence-electron chi connectivity index (χ3n) is 3.80. The van der Waals surface area contributed by atoms with Crippen molar-refractivity contribution in [3.8, 4) is 0 Å². The maximum atomic E-state index is 12.1. The van der Waals surface area contributed by atoms with Crippen LogP contribution in [0, 0.1) is 0 Å². The molecule has 0 aromatic carbocycles. The second-order valence-electron chi connectivity index (χ2n) is 5.56. The zero-order valence-electron chi connectivity index (χ0n) is 11.5. The highest BCUT2D eigenvalue weighted by Crippen LogP contribution is 2.27. The average Bonchev–Trinajstić information content (AvgIpc) is 2.98. The molecule has 112 valence electrons. The van der Waals surface area contributed by atoms with Crippen LogP contribution in [-0.4, -0.2) is 43.4 Å². The lowest BCUT2D eigenvalue weighted by Gasteiger charge is -2.25. The van der Waals surface area contributed by atoms with Crippen molar-refractivity contribution >= 4 is 18.3 Å². The van der Waals surface area contributed by atoms with Crippen LogP contribution in [0.1, 0.15) is 39.0 Å². The Labute approximate surface area is 121 Å². The molecule has 2 rings (SSSR count). The van der Waals surface area contributed by atoms with Crippen molar-refractivity contribution in [3.63, 3.8) is 0 Å². The van der Waals surface area contributed by atoms with Gasteiger partial charge in [-0.1, -0.05) is 12.8 Å². The highest BCUT2D eigenvalue weighted by atomic mass is 35.5. The van der Waals surface area contributed by atoms with Gasteiger partial charge in [-0.25, -0.2) is 0 Å². The quantitative estimate of drug-likeness (QED) is 0.792. The Morgan fingerprint density at radius 1 is 1.53 bits per heavy atom. The van der Waals surface area contributed by atoms with Crippen LogP contribution >= 0.6 is 12.4 Å². The van der Waals surface area contributed by atoms with Gasteiger partial charge in [0.05, 0.1) is 24.9 Å². The van der Waals surface area contributed by atoms with E-state index in [2.05, 4.69) is 5.32 Å². The predicted molar refractivity (Wildman–Crippen MR) is 75.4 cm³/mol. The molecule has 3 N–H and O–H groups in total. The first kappa shape index (κ1) is 16.7. The Bertz CT molecular complexity index is 290. The largest absolute Gasteiger partial charge is 0.379 e. The number of hydrogen-bond donors (Lipinski definition) is 2. The Hall–Kier alpha value is -0.360. The molecule has 0 bridgehead atoms. The minimum absolute atomic E-state index is 0. The lowest BCUT2D eigenvalue weighted by molar-refractivity contribution is -0.127. The van der Waals surface area contributed by atoms with E-state index in [1.165, 1.54) is 0 Å². The summed E-state index contributed by atoms with van der Waals surface area (Å²) < 4.78 is 10.9. The van der Waals surface area contributed by atoms with Crippen molar-refractivity contribution in [1.82, 2.24) is 5.32 Å². The van der Waals surface area contributed by atoms with E-state index in [0.29, 0.717) is 13.2 Å². The number of amides is 1. The van der Waals surface area contributed by atoms with E-state index in [-0.39, 0.29) is 30.5 Å². The van der Waals surface area contributed by atoms with Crippen LogP contribution in [0.5, 0.6) is 0 Å². The second-order valence-corrected chi connectivity index (χ2v) is 5.56. The smallest absolute Gasteiger partial charge is 0.240 e.